The molecule has 8 heteroatoms. The van der Waals surface area contributed by atoms with E-state index in [4.69, 9.17) is 14.2 Å². The minimum absolute atomic E-state index is 0.163. The third-order valence-electron chi connectivity index (χ3n) is 8.52. The Labute approximate surface area is 263 Å². The Kier molecular flexibility index (Phi) is 10.1. The van der Waals surface area contributed by atoms with Crippen LogP contribution in [-0.2, 0) is 0 Å². The van der Waals surface area contributed by atoms with Crippen LogP contribution < -0.4 is 14.2 Å². The van der Waals surface area contributed by atoms with Crippen molar-refractivity contribution in [3.8, 4) is 27.7 Å². The lowest BCUT2D eigenvalue weighted by Gasteiger charge is -2.15. The van der Waals surface area contributed by atoms with Gasteiger partial charge in [0.1, 0.15) is 30.5 Å². The molecule has 1 aromatic heterocycles. The van der Waals surface area contributed by atoms with Gasteiger partial charge in [0.2, 0.25) is 0 Å². The van der Waals surface area contributed by atoms with Crippen molar-refractivity contribution in [2.24, 2.45) is 0 Å². The molecule has 232 valence electrons. The Morgan fingerprint density at radius 3 is 1.82 bits per heavy atom. The molecule has 1 atom stereocenters. The Morgan fingerprint density at radius 2 is 1.25 bits per heavy atom. The van der Waals surface area contributed by atoms with E-state index >= 15 is 0 Å². The first-order valence-corrected chi connectivity index (χ1v) is 17.1. The van der Waals surface area contributed by atoms with Gasteiger partial charge in [-0.25, -0.2) is 0 Å². The second kappa shape index (κ2) is 14.6. The number of likely N-dealkylation sites (tertiary alicyclic amines) is 2. The molecule has 7 nitrogen and oxygen atoms in total. The number of ketones is 1. The summed E-state index contributed by atoms with van der Waals surface area (Å²) in [6.45, 7) is 10.2. The summed E-state index contributed by atoms with van der Waals surface area (Å²) in [5.74, 6) is 2.00. The van der Waals surface area contributed by atoms with Gasteiger partial charge >= 0.3 is 0 Å². The van der Waals surface area contributed by atoms with Crippen LogP contribution in [0.15, 0.2) is 66.7 Å². The van der Waals surface area contributed by atoms with Crippen molar-refractivity contribution in [1.82, 2.24) is 9.80 Å². The molecule has 3 aromatic carbocycles. The maximum absolute atomic E-state index is 14.1. The number of hydrogen-bond donors (Lipinski definition) is 0. The van der Waals surface area contributed by atoms with Crippen LogP contribution in [0.1, 0.15) is 54.9 Å². The van der Waals surface area contributed by atoms with E-state index in [9.17, 15) is 9.35 Å². The van der Waals surface area contributed by atoms with Gasteiger partial charge in [-0.15, -0.1) is 0 Å². The topological polar surface area (TPSA) is 74.3 Å². The molecule has 2 fully saturated rings. The van der Waals surface area contributed by atoms with Crippen molar-refractivity contribution in [3.05, 3.63) is 77.9 Å². The fourth-order valence-corrected chi connectivity index (χ4v) is 7.67. The number of hydrogen-bond acceptors (Lipinski definition) is 7. The van der Waals surface area contributed by atoms with Crippen LogP contribution in [0.5, 0.6) is 17.2 Å². The molecule has 4 aromatic rings. The average Bonchev–Trinajstić information content (AvgIpc) is 3.83. The molecule has 2 aliphatic rings. The first-order chi connectivity index (χ1) is 21.6. The number of fused-ring (bicyclic) bond motifs is 1. The summed E-state index contributed by atoms with van der Waals surface area (Å²) >= 11 is 0. The Morgan fingerprint density at radius 1 is 0.727 bits per heavy atom. The van der Waals surface area contributed by atoms with Crippen molar-refractivity contribution in [1.29, 1.82) is 0 Å². The Balaban J connectivity index is 1.25. The van der Waals surface area contributed by atoms with Gasteiger partial charge in [0.15, 0.2) is 15.4 Å². The van der Waals surface area contributed by atoms with Gasteiger partial charge in [0.25, 0.3) is 0 Å². The lowest BCUT2D eigenvalue weighted by Crippen LogP contribution is -2.25. The summed E-state index contributed by atoms with van der Waals surface area (Å²) in [7, 11) is -1.55. The van der Waals surface area contributed by atoms with E-state index in [1.165, 1.54) is 25.7 Å². The van der Waals surface area contributed by atoms with Crippen molar-refractivity contribution in [3.63, 3.8) is 0 Å². The monoisotopic (exact) mass is 614 g/mol. The number of carbonyl (C=O) groups is 1. The molecule has 0 amide bonds. The number of ether oxygens (including phenoxy) is 3. The van der Waals surface area contributed by atoms with Gasteiger partial charge in [0.05, 0.1) is 17.6 Å². The largest absolute Gasteiger partial charge is 0.590 e. The number of carbonyl (C=O) groups excluding carboxylic acids is 1. The first-order valence-electron chi connectivity index (χ1n) is 16.0. The van der Waals surface area contributed by atoms with Crippen LogP contribution in [0.2, 0.25) is 0 Å². The third kappa shape index (κ3) is 7.10. The van der Waals surface area contributed by atoms with Crippen molar-refractivity contribution in [2.75, 3.05) is 59.1 Å². The molecule has 3 heterocycles. The fraction of sp³-hybridized carbons (Fsp3) is 0.417. The van der Waals surface area contributed by atoms with E-state index < -0.39 is 10.8 Å². The van der Waals surface area contributed by atoms with Gasteiger partial charge in [-0.05, 0) is 130 Å². The average molecular weight is 615 g/mol. The zero-order valence-corrected chi connectivity index (χ0v) is 26.4. The Bertz CT molecular complexity index is 1540. The number of rotatable bonds is 14. The van der Waals surface area contributed by atoms with Crippen molar-refractivity contribution < 1.29 is 23.6 Å². The van der Waals surface area contributed by atoms with Crippen molar-refractivity contribution >= 4 is 26.6 Å². The van der Waals surface area contributed by atoms with Gasteiger partial charge in [-0.3, -0.25) is 14.6 Å². The van der Waals surface area contributed by atoms with Crippen LogP contribution in [-0.4, -0.2) is 79.2 Å². The zero-order valence-electron chi connectivity index (χ0n) is 25.6. The lowest BCUT2D eigenvalue weighted by molar-refractivity contribution is 0.104. The van der Waals surface area contributed by atoms with Gasteiger partial charge in [-0.1, -0.05) is 6.92 Å². The van der Waals surface area contributed by atoms with Crippen LogP contribution >= 0.6 is 10.8 Å². The maximum Gasteiger partial charge on any atom is 0.199 e. The third-order valence-corrected chi connectivity index (χ3v) is 10.1. The highest BCUT2D eigenvalue weighted by Gasteiger charge is 2.30. The van der Waals surface area contributed by atoms with Crippen molar-refractivity contribution in [2.45, 2.75) is 39.0 Å². The standard InChI is InChI=1S/C36H42N2O5S/c1-2-23-41-31-15-16-32-33(26-31)44(40)36(28-9-13-30(14-10-28)43-25-22-38-19-5-6-20-38)34(32)35(39)27-7-11-29(12-8-27)42-24-21-37-17-3-4-18-37/h7-16,26H,2-6,17-25H2,1H3. The predicted octanol–water partition coefficient (Wildman–Crippen LogP) is 7.20. The summed E-state index contributed by atoms with van der Waals surface area (Å²) in [6.07, 6.45) is 5.90. The summed E-state index contributed by atoms with van der Waals surface area (Å²) in [5, 5.41) is 0.684. The van der Waals surface area contributed by atoms with E-state index in [2.05, 4.69) is 9.80 Å². The molecule has 44 heavy (non-hydrogen) atoms. The van der Waals surface area contributed by atoms with Gasteiger partial charge in [0, 0.05) is 30.3 Å². The highest BCUT2D eigenvalue weighted by Crippen LogP contribution is 2.47. The van der Waals surface area contributed by atoms with E-state index in [1.54, 1.807) is 12.1 Å². The minimum Gasteiger partial charge on any atom is -0.590 e. The normalized spacial score (nSPS) is 16.1. The zero-order chi connectivity index (χ0) is 30.3. The van der Waals surface area contributed by atoms with Gasteiger partial charge < -0.3 is 18.8 Å². The molecule has 0 aliphatic carbocycles. The summed E-state index contributed by atoms with van der Waals surface area (Å²) in [4.78, 5) is 19.5. The highest BCUT2D eigenvalue weighted by atomic mass is 32.2. The van der Waals surface area contributed by atoms with E-state index in [0.29, 0.717) is 51.7 Å². The first kappa shape index (κ1) is 30.6. The molecule has 1 unspecified atom stereocenters. The molecule has 0 saturated carbocycles. The summed E-state index contributed by atoms with van der Waals surface area (Å²) in [5.41, 5.74) is 1.74. The highest BCUT2D eigenvalue weighted by molar-refractivity contribution is 7.35. The molecule has 6 rings (SSSR count). The van der Waals surface area contributed by atoms with E-state index in [0.717, 1.165) is 62.8 Å². The second-order valence-corrected chi connectivity index (χ2v) is 13.0. The quantitative estimate of drug-likeness (QED) is 0.110. The van der Waals surface area contributed by atoms with Crippen LogP contribution in [0.4, 0.5) is 0 Å². The second-order valence-electron chi connectivity index (χ2n) is 11.7. The fourth-order valence-electron chi connectivity index (χ4n) is 6.12. The lowest BCUT2D eigenvalue weighted by atomic mass is 9.97. The molecule has 2 aliphatic heterocycles. The van der Waals surface area contributed by atoms with Crippen LogP contribution in [0, 0.1) is 0 Å². The summed E-state index contributed by atoms with van der Waals surface area (Å²) < 4.78 is 32.5. The number of nitrogens with zero attached hydrogens (tertiary/aromatic N) is 2. The van der Waals surface area contributed by atoms with Gasteiger partial charge in [-0.2, -0.15) is 0 Å². The maximum atomic E-state index is 14.1. The molecular formula is C36H42N2O5S. The smallest absolute Gasteiger partial charge is 0.199 e. The molecular weight excluding hydrogens is 572 g/mol. The van der Waals surface area contributed by atoms with Crippen LogP contribution in [0.3, 0.4) is 0 Å². The van der Waals surface area contributed by atoms with E-state index in [-0.39, 0.29) is 5.78 Å². The SMILES string of the molecule is CCCOc1ccc2c(C(=O)c3ccc(OCCN4CCCC4)cc3)c(-c3ccc(OCCN4CCCC4)cc3)[s+]([O-])c2c1. The minimum atomic E-state index is -1.55. The number of thiophene rings is 1. The predicted molar refractivity (Wildman–Crippen MR) is 176 cm³/mol. The number of benzene rings is 3. The molecule has 2 saturated heterocycles. The molecule has 0 N–H and O–H groups in total. The summed E-state index contributed by atoms with van der Waals surface area (Å²) in [6, 6.07) is 20.4. The molecule has 0 radical (unpaired) electrons. The molecule has 0 spiro atoms. The molecule has 0 bridgehead atoms. The van der Waals surface area contributed by atoms with Crippen LogP contribution in [0.25, 0.3) is 20.5 Å². The Hall–Kier alpha value is -3.43. The van der Waals surface area contributed by atoms with E-state index in [1.807, 2.05) is 61.5 Å².